The summed E-state index contributed by atoms with van der Waals surface area (Å²) in [6, 6.07) is 6.24. The van der Waals surface area contributed by atoms with Crippen LogP contribution in [0, 0.1) is 0 Å². The van der Waals surface area contributed by atoms with Crippen molar-refractivity contribution in [2.75, 3.05) is 46.3 Å². The summed E-state index contributed by atoms with van der Waals surface area (Å²) in [5, 5.41) is 0. The highest BCUT2D eigenvalue weighted by Crippen LogP contribution is 2.28. The number of hydrogen-bond donors (Lipinski definition) is 1. The van der Waals surface area contributed by atoms with Gasteiger partial charge >= 0.3 is 0 Å². The Kier molecular flexibility index (Phi) is 5.91. The lowest BCUT2D eigenvalue weighted by atomic mass is 10.0. The van der Waals surface area contributed by atoms with Gasteiger partial charge in [-0.3, -0.25) is 4.79 Å². The van der Waals surface area contributed by atoms with Gasteiger partial charge in [0.15, 0.2) is 0 Å². The molecule has 0 unspecified atom stereocenters. The Morgan fingerprint density at radius 3 is 2.55 bits per heavy atom. The van der Waals surface area contributed by atoms with Crippen molar-refractivity contribution in [1.82, 2.24) is 4.90 Å². The first-order chi connectivity index (χ1) is 10.6. The highest BCUT2D eigenvalue weighted by atomic mass is 35.5. The molecule has 1 atom stereocenters. The molecular weight excluding hydrogens is 304 g/mol. The summed E-state index contributed by atoms with van der Waals surface area (Å²) in [7, 11) is 3.33. The van der Waals surface area contributed by atoms with Gasteiger partial charge in [-0.05, 0) is 19.1 Å². The van der Waals surface area contributed by atoms with E-state index in [4.69, 9.17) is 21.1 Å². The predicted octanol–water partition coefficient (Wildman–Crippen LogP) is 0.731. The van der Waals surface area contributed by atoms with Crippen molar-refractivity contribution >= 4 is 17.5 Å². The van der Waals surface area contributed by atoms with E-state index in [1.54, 1.807) is 14.2 Å². The number of rotatable bonds is 5. The minimum Gasteiger partial charge on any atom is -0.497 e. The van der Waals surface area contributed by atoms with Crippen LogP contribution in [-0.2, 0) is 4.79 Å². The molecule has 1 fully saturated rings. The van der Waals surface area contributed by atoms with Crippen LogP contribution in [0.15, 0.2) is 18.2 Å². The Hall–Kier alpha value is -1.46. The van der Waals surface area contributed by atoms with Gasteiger partial charge in [-0.2, -0.15) is 0 Å². The van der Waals surface area contributed by atoms with Crippen molar-refractivity contribution in [3.05, 3.63) is 23.8 Å². The molecule has 0 bridgehead atoms. The van der Waals surface area contributed by atoms with E-state index in [2.05, 4.69) is 13.0 Å². The molecule has 0 aliphatic carbocycles. The first-order valence-corrected chi connectivity index (χ1v) is 8.04. The normalized spacial score (nSPS) is 17.2. The van der Waals surface area contributed by atoms with Crippen LogP contribution in [0.3, 0.4) is 0 Å². The fraction of sp³-hybridized carbons (Fsp3) is 0.562. The smallest absolute Gasteiger partial charge is 0.237 e. The van der Waals surface area contributed by atoms with Crippen LogP contribution in [0.4, 0.5) is 0 Å². The lowest BCUT2D eigenvalue weighted by Crippen LogP contribution is -3.14. The van der Waals surface area contributed by atoms with Gasteiger partial charge in [-0.15, -0.1) is 11.6 Å². The molecule has 0 aromatic heterocycles. The van der Waals surface area contributed by atoms with Gasteiger partial charge in [-0.25, -0.2) is 0 Å². The fourth-order valence-corrected chi connectivity index (χ4v) is 3.13. The van der Waals surface area contributed by atoms with E-state index in [1.165, 1.54) is 4.90 Å². The molecular formula is C16H24ClN2O3+. The third-order valence-corrected chi connectivity index (χ3v) is 4.62. The number of quaternary nitrogens is 1. The largest absolute Gasteiger partial charge is 0.497 e. The number of alkyl halides is 1. The first-order valence-electron chi connectivity index (χ1n) is 7.51. The van der Waals surface area contributed by atoms with Gasteiger partial charge in [-0.1, -0.05) is 0 Å². The van der Waals surface area contributed by atoms with Gasteiger partial charge in [0.1, 0.15) is 23.4 Å². The number of carbonyl (C=O) groups excluding carboxylic acids is 1. The SMILES string of the molecule is COc1ccc([C@@H](C)[NH+]2CCN(C(=O)CCl)CC2)c(OC)c1. The lowest BCUT2D eigenvalue weighted by molar-refractivity contribution is -0.933. The maximum atomic E-state index is 11.6. The van der Waals surface area contributed by atoms with Crippen molar-refractivity contribution in [1.29, 1.82) is 0 Å². The van der Waals surface area contributed by atoms with Crippen LogP contribution in [0.2, 0.25) is 0 Å². The lowest BCUT2D eigenvalue weighted by Gasteiger charge is -2.35. The van der Waals surface area contributed by atoms with E-state index < -0.39 is 0 Å². The van der Waals surface area contributed by atoms with E-state index in [0.29, 0.717) is 6.04 Å². The minimum atomic E-state index is 0.0235. The van der Waals surface area contributed by atoms with Crippen molar-refractivity contribution in [3.63, 3.8) is 0 Å². The molecule has 5 nitrogen and oxygen atoms in total. The zero-order valence-electron chi connectivity index (χ0n) is 13.4. The number of methoxy groups -OCH3 is 2. The van der Waals surface area contributed by atoms with E-state index >= 15 is 0 Å². The quantitative estimate of drug-likeness (QED) is 0.811. The molecule has 0 saturated carbocycles. The first kappa shape index (κ1) is 16.9. The summed E-state index contributed by atoms with van der Waals surface area (Å²) in [6.45, 7) is 5.53. The van der Waals surface area contributed by atoms with Gasteiger partial charge < -0.3 is 19.3 Å². The van der Waals surface area contributed by atoms with Crippen molar-refractivity contribution in [2.45, 2.75) is 13.0 Å². The summed E-state index contributed by atoms with van der Waals surface area (Å²) < 4.78 is 10.7. The number of amides is 1. The molecule has 1 amide bonds. The molecule has 22 heavy (non-hydrogen) atoms. The standard InChI is InChI=1S/C16H23ClN2O3/c1-12(14-5-4-13(21-2)10-15(14)22-3)18-6-8-19(9-7-18)16(20)11-17/h4-5,10,12H,6-9,11H2,1-3H3/p+1/t12-/m1/s1. The average Bonchev–Trinajstić information content (AvgIpc) is 2.59. The zero-order valence-corrected chi connectivity index (χ0v) is 14.2. The van der Waals surface area contributed by atoms with Gasteiger partial charge in [0.25, 0.3) is 0 Å². The second kappa shape index (κ2) is 7.70. The Morgan fingerprint density at radius 1 is 1.32 bits per heavy atom. The number of nitrogens with one attached hydrogen (secondary N) is 1. The highest BCUT2D eigenvalue weighted by molar-refractivity contribution is 6.27. The molecule has 122 valence electrons. The van der Waals surface area contributed by atoms with Crippen LogP contribution >= 0.6 is 11.6 Å². The van der Waals surface area contributed by atoms with Crippen LogP contribution in [0.5, 0.6) is 11.5 Å². The van der Waals surface area contributed by atoms with Crippen LogP contribution in [-0.4, -0.2) is 57.1 Å². The summed E-state index contributed by atoms with van der Waals surface area (Å²) in [5.41, 5.74) is 1.16. The summed E-state index contributed by atoms with van der Waals surface area (Å²) >= 11 is 5.62. The molecule has 1 aliphatic rings. The second-order valence-electron chi connectivity index (χ2n) is 5.50. The third-order valence-electron chi connectivity index (χ3n) is 4.39. The van der Waals surface area contributed by atoms with Crippen molar-refractivity contribution < 1.29 is 19.2 Å². The molecule has 1 aliphatic heterocycles. The molecule has 1 saturated heterocycles. The summed E-state index contributed by atoms with van der Waals surface area (Å²) in [6.07, 6.45) is 0. The van der Waals surface area contributed by atoms with Gasteiger partial charge in [0, 0.05) is 6.07 Å². The Balaban J connectivity index is 2.06. The number of carbonyl (C=O) groups is 1. The molecule has 6 heteroatoms. The van der Waals surface area contributed by atoms with E-state index in [1.807, 2.05) is 17.0 Å². The summed E-state index contributed by atoms with van der Waals surface area (Å²) in [4.78, 5) is 14.9. The number of benzene rings is 1. The fourth-order valence-electron chi connectivity index (χ4n) is 2.96. The Morgan fingerprint density at radius 2 is 2.00 bits per heavy atom. The molecule has 1 aromatic carbocycles. The minimum absolute atomic E-state index is 0.0235. The number of hydrogen-bond acceptors (Lipinski definition) is 3. The van der Waals surface area contributed by atoms with Crippen LogP contribution < -0.4 is 14.4 Å². The Bertz CT molecular complexity index is 516. The maximum absolute atomic E-state index is 11.6. The molecule has 1 heterocycles. The monoisotopic (exact) mass is 327 g/mol. The molecule has 1 aromatic rings. The molecule has 1 N–H and O–H groups in total. The van der Waals surface area contributed by atoms with Crippen molar-refractivity contribution in [2.24, 2.45) is 0 Å². The number of ether oxygens (including phenoxy) is 2. The van der Waals surface area contributed by atoms with E-state index in [0.717, 1.165) is 43.2 Å². The molecule has 0 spiro atoms. The predicted molar refractivity (Wildman–Crippen MR) is 86.0 cm³/mol. The van der Waals surface area contributed by atoms with Crippen LogP contribution in [0.1, 0.15) is 18.5 Å². The number of piperazine rings is 1. The number of halogens is 1. The zero-order chi connectivity index (χ0) is 16.1. The highest BCUT2D eigenvalue weighted by Gasteiger charge is 2.29. The number of nitrogens with zero attached hydrogens (tertiary/aromatic N) is 1. The average molecular weight is 328 g/mol. The van der Waals surface area contributed by atoms with Gasteiger partial charge in [0.05, 0.1) is 46.0 Å². The molecule has 2 rings (SSSR count). The maximum Gasteiger partial charge on any atom is 0.237 e. The van der Waals surface area contributed by atoms with Gasteiger partial charge in [0.2, 0.25) is 5.91 Å². The topological polar surface area (TPSA) is 43.2 Å². The van der Waals surface area contributed by atoms with Crippen molar-refractivity contribution in [3.8, 4) is 11.5 Å². The summed E-state index contributed by atoms with van der Waals surface area (Å²) in [5.74, 6) is 1.73. The molecule has 0 radical (unpaired) electrons. The second-order valence-corrected chi connectivity index (χ2v) is 5.77. The third kappa shape index (κ3) is 3.65. The Labute approximate surface area is 136 Å². The van der Waals surface area contributed by atoms with E-state index in [9.17, 15) is 4.79 Å². The van der Waals surface area contributed by atoms with Crippen LogP contribution in [0.25, 0.3) is 0 Å². The van der Waals surface area contributed by atoms with E-state index in [-0.39, 0.29) is 11.8 Å².